The van der Waals surface area contributed by atoms with E-state index in [2.05, 4.69) is 35.5 Å². The predicted octanol–water partition coefficient (Wildman–Crippen LogP) is 5.75. The molecule has 1 aromatic carbocycles. The van der Waals surface area contributed by atoms with Crippen LogP contribution in [0.4, 0.5) is 10.1 Å². The van der Waals surface area contributed by atoms with Gasteiger partial charge < -0.3 is 10.3 Å². The van der Waals surface area contributed by atoms with Gasteiger partial charge in [0.25, 0.3) is 0 Å². The van der Waals surface area contributed by atoms with E-state index in [0.717, 1.165) is 28.2 Å². The Kier molecular flexibility index (Phi) is 5.45. The molecule has 10 heteroatoms. The van der Waals surface area contributed by atoms with Crippen LogP contribution in [0.5, 0.6) is 0 Å². The number of pyridine rings is 3. The van der Waals surface area contributed by atoms with Crippen molar-refractivity contribution in [2.45, 2.75) is 20.8 Å². The number of carbonyl (C=O) groups is 1. The molecule has 0 aliphatic carbocycles. The van der Waals surface area contributed by atoms with Crippen LogP contribution in [-0.2, 0) is 4.79 Å². The van der Waals surface area contributed by atoms with Crippen LogP contribution in [-0.4, -0.2) is 41.0 Å². The molecule has 0 saturated carbocycles. The zero-order valence-electron chi connectivity index (χ0n) is 20.9. The van der Waals surface area contributed by atoms with Gasteiger partial charge in [0.1, 0.15) is 17.0 Å². The van der Waals surface area contributed by atoms with Crippen molar-refractivity contribution in [1.82, 2.24) is 35.1 Å². The Morgan fingerprint density at radius 2 is 1.66 bits per heavy atom. The number of aromatic amines is 2. The van der Waals surface area contributed by atoms with Crippen LogP contribution >= 0.6 is 0 Å². The van der Waals surface area contributed by atoms with Crippen molar-refractivity contribution in [2.24, 2.45) is 5.41 Å². The first-order valence-electron chi connectivity index (χ1n) is 12.0. The first kappa shape index (κ1) is 23.4. The molecule has 0 fully saturated rings. The highest BCUT2D eigenvalue weighted by molar-refractivity contribution is 5.98. The summed E-state index contributed by atoms with van der Waals surface area (Å²) in [6.45, 7) is 5.58. The summed E-state index contributed by atoms with van der Waals surface area (Å²) >= 11 is 0. The molecule has 3 N–H and O–H groups in total. The first-order valence-corrected chi connectivity index (χ1v) is 12.0. The highest BCUT2D eigenvalue weighted by Gasteiger charge is 2.21. The lowest BCUT2D eigenvalue weighted by Crippen LogP contribution is -2.27. The van der Waals surface area contributed by atoms with Crippen LogP contribution in [0.1, 0.15) is 20.8 Å². The van der Waals surface area contributed by atoms with Gasteiger partial charge in [-0.15, -0.1) is 0 Å². The molecular formula is C28H23FN8O. The number of imidazole rings is 1. The van der Waals surface area contributed by atoms with Crippen LogP contribution in [0.25, 0.3) is 55.7 Å². The normalized spacial score (nSPS) is 11.8. The van der Waals surface area contributed by atoms with Gasteiger partial charge >= 0.3 is 0 Å². The number of anilines is 1. The van der Waals surface area contributed by atoms with Crippen molar-refractivity contribution in [3.63, 3.8) is 0 Å². The number of H-pyrrole nitrogens is 2. The number of carbonyl (C=O) groups excluding carboxylic acids is 1. The minimum absolute atomic E-state index is 0.0863. The molecule has 0 bridgehead atoms. The maximum Gasteiger partial charge on any atom is 0.229 e. The largest absolute Gasteiger partial charge is 0.335 e. The summed E-state index contributed by atoms with van der Waals surface area (Å²) in [5.74, 6) is 0.0285. The molecule has 5 aromatic heterocycles. The van der Waals surface area contributed by atoms with Gasteiger partial charge in [-0.05, 0) is 29.8 Å². The van der Waals surface area contributed by atoms with Gasteiger partial charge in [0, 0.05) is 46.1 Å². The van der Waals surface area contributed by atoms with Gasteiger partial charge in [-0.1, -0.05) is 26.8 Å². The maximum absolute atomic E-state index is 13.8. The summed E-state index contributed by atoms with van der Waals surface area (Å²) in [7, 11) is 0. The second kappa shape index (κ2) is 8.84. The van der Waals surface area contributed by atoms with E-state index in [9.17, 15) is 9.18 Å². The van der Waals surface area contributed by atoms with E-state index >= 15 is 0 Å². The van der Waals surface area contributed by atoms with Crippen molar-refractivity contribution in [2.75, 3.05) is 5.32 Å². The Hall–Kier alpha value is -4.99. The zero-order valence-corrected chi connectivity index (χ0v) is 20.9. The molecule has 38 heavy (non-hydrogen) atoms. The van der Waals surface area contributed by atoms with E-state index in [-0.39, 0.29) is 5.91 Å². The summed E-state index contributed by atoms with van der Waals surface area (Å²) < 4.78 is 13.8. The molecule has 0 spiro atoms. The summed E-state index contributed by atoms with van der Waals surface area (Å²) in [6, 6.07) is 9.21. The lowest BCUT2D eigenvalue weighted by atomic mass is 9.95. The van der Waals surface area contributed by atoms with Gasteiger partial charge in [0.05, 0.1) is 35.3 Å². The van der Waals surface area contributed by atoms with Crippen LogP contribution < -0.4 is 5.32 Å². The van der Waals surface area contributed by atoms with Gasteiger partial charge in [-0.25, -0.2) is 9.37 Å². The van der Waals surface area contributed by atoms with E-state index in [4.69, 9.17) is 4.98 Å². The average Bonchev–Trinajstić information content (AvgIpc) is 3.52. The monoisotopic (exact) mass is 506 g/mol. The zero-order chi connectivity index (χ0) is 26.4. The Morgan fingerprint density at radius 1 is 0.868 bits per heavy atom. The molecule has 0 aliphatic rings. The molecule has 0 unspecified atom stereocenters. The summed E-state index contributed by atoms with van der Waals surface area (Å²) in [6.07, 6.45) is 9.43. The number of rotatable bonds is 4. The molecule has 9 nitrogen and oxygen atoms in total. The van der Waals surface area contributed by atoms with Crippen LogP contribution in [0.15, 0.2) is 67.5 Å². The van der Waals surface area contributed by atoms with Gasteiger partial charge in [-0.2, -0.15) is 5.10 Å². The molecule has 0 atom stereocenters. The number of nitrogens with one attached hydrogen (secondary N) is 3. The Bertz CT molecular complexity index is 1830. The van der Waals surface area contributed by atoms with E-state index in [1.54, 1.807) is 31.0 Å². The lowest BCUT2D eigenvalue weighted by Gasteiger charge is -2.17. The molecule has 0 radical (unpaired) electrons. The lowest BCUT2D eigenvalue weighted by molar-refractivity contribution is -0.123. The number of nitrogens with zero attached hydrogens (tertiary/aromatic N) is 5. The quantitative estimate of drug-likeness (QED) is 0.280. The number of hydrogen-bond acceptors (Lipinski definition) is 6. The molecule has 6 rings (SSSR count). The SMILES string of the molecule is CC(C)(C)C(=O)Nc1cncc(-c2ccc3[nH]nc(-c4nc5c(-c6cncc(F)c6)cncc5[nH]4)c3c2)c1. The van der Waals surface area contributed by atoms with E-state index < -0.39 is 11.2 Å². The molecule has 0 saturated heterocycles. The van der Waals surface area contributed by atoms with Crippen molar-refractivity contribution < 1.29 is 9.18 Å². The fourth-order valence-electron chi connectivity index (χ4n) is 4.17. The smallest absolute Gasteiger partial charge is 0.229 e. The van der Waals surface area contributed by atoms with E-state index in [1.807, 2.05) is 45.0 Å². The van der Waals surface area contributed by atoms with Crippen molar-refractivity contribution in [3.05, 3.63) is 73.3 Å². The molecule has 1 amide bonds. The molecule has 0 aliphatic heterocycles. The highest BCUT2D eigenvalue weighted by atomic mass is 19.1. The number of hydrogen-bond donors (Lipinski definition) is 3. The maximum atomic E-state index is 13.8. The minimum Gasteiger partial charge on any atom is -0.335 e. The van der Waals surface area contributed by atoms with Crippen molar-refractivity contribution >= 4 is 33.5 Å². The third-order valence-electron chi connectivity index (χ3n) is 6.21. The second-order valence-corrected chi connectivity index (χ2v) is 10.1. The van der Waals surface area contributed by atoms with E-state index in [1.165, 1.54) is 6.07 Å². The van der Waals surface area contributed by atoms with Crippen molar-refractivity contribution in [3.8, 4) is 33.8 Å². The Labute approximate surface area is 216 Å². The van der Waals surface area contributed by atoms with Gasteiger partial charge in [0.2, 0.25) is 5.91 Å². The average molecular weight is 507 g/mol. The fraction of sp³-hybridized carbons (Fsp3) is 0.143. The number of fused-ring (bicyclic) bond motifs is 2. The van der Waals surface area contributed by atoms with Gasteiger partial charge in [0.15, 0.2) is 5.82 Å². The summed E-state index contributed by atoms with van der Waals surface area (Å²) in [4.78, 5) is 33.1. The molecule has 5 heterocycles. The topological polar surface area (TPSA) is 125 Å². The highest BCUT2D eigenvalue weighted by Crippen LogP contribution is 2.33. The molecule has 188 valence electrons. The predicted molar refractivity (Wildman–Crippen MR) is 143 cm³/mol. The first-order chi connectivity index (χ1) is 18.3. The third kappa shape index (κ3) is 4.26. The Balaban J connectivity index is 1.40. The minimum atomic E-state index is -0.520. The number of halogens is 1. The third-order valence-corrected chi connectivity index (χ3v) is 6.21. The van der Waals surface area contributed by atoms with E-state index in [0.29, 0.717) is 39.4 Å². The van der Waals surface area contributed by atoms with Crippen molar-refractivity contribution in [1.29, 1.82) is 0 Å². The van der Waals surface area contributed by atoms with Crippen LogP contribution in [0, 0.1) is 11.2 Å². The summed E-state index contributed by atoms with van der Waals surface area (Å²) in [5, 5.41) is 11.4. The number of aromatic nitrogens is 7. The molecule has 6 aromatic rings. The number of amides is 1. The van der Waals surface area contributed by atoms with Gasteiger partial charge in [-0.3, -0.25) is 24.8 Å². The van der Waals surface area contributed by atoms with Crippen LogP contribution in [0.2, 0.25) is 0 Å². The fourth-order valence-corrected chi connectivity index (χ4v) is 4.17. The summed E-state index contributed by atoms with van der Waals surface area (Å²) in [5.41, 5.74) is 5.91. The second-order valence-electron chi connectivity index (χ2n) is 10.1. The standard InChI is InChI=1S/C28H23FN8O/c1-28(2,3)27(38)33-19-7-16(9-31-12-19)15-4-5-22-20(8-15)25(37-36-22)26-34-23-14-32-13-21(24(23)35-26)17-6-18(29)11-30-10-17/h4-14H,1-3H3,(H,33,38)(H,34,35)(H,36,37). The number of benzene rings is 1. The Morgan fingerprint density at radius 3 is 2.47 bits per heavy atom. The van der Waals surface area contributed by atoms with Crippen LogP contribution in [0.3, 0.4) is 0 Å². The molecular weight excluding hydrogens is 483 g/mol.